The summed E-state index contributed by atoms with van der Waals surface area (Å²) < 4.78 is 0. The van der Waals surface area contributed by atoms with E-state index in [2.05, 4.69) is 5.32 Å². The minimum absolute atomic E-state index is 0.247. The number of benzene rings is 1. The Morgan fingerprint density at radius 3 is 2.27 bits per heavy atom. The Morgan fingerprint density at radius 2 is 1.67 bits per heavy atom. The average molecular weight is 414 g/mol. The van der Waals surface area contributed by atoms with Crippen molar-refractivity contribution < 1.29 is 24.0 Å². The molecule has 1 saturated carbocycles. The van der Waals surface area contributed by atoms with Crippen LogP contribution in [0.5, 0.6) is 0 Å². The molecular formula is C21H26N4O5. The SMILES string of the molecule is Cc1cccc(C)c1NC(=O)CN(C)C(=O)CN1C(=O)C(=O)N(C2CCCC2)C1=O. The molecule has 2 fully saturated rings. The molecule has 0 unspecified atom stereocenters. The Kier molecular flexibility index (Phi) is 6.19. The van der Waals surface area contributed by atoms with E-state index in [9.17, 15) is 24.0 Å². The van der Waals surface area contributed by atoms with Gasteiger partial charge >= 0.3 is 17.8 Å². The maximum atomic E-state index is 12.6. The summed E-state index contributed by atoms with van der Waals surface area (Å²) in [6.07, 6.45) is 3.13. The molecule has 0 radical (unpaired) electrons. The molecule has 0 aromatic heterocycles. The number of aryl methyl sites for hydroxylation is 2. The number of rotatable bonds is 6. The number of anilines is 1. The van der Waals surface area contributed by atoms with Gasteiger partial charge in [0.2, 0.25) is 11.8 Å². The van der Waals surface area contributed by atoms with Crippen molar-refractivity contribution in [1.29, 1.82) is 0 Å². The zero-order chi connectivity index (χ0) is 22.0. The fourth-order valence-electron chi connectivity index (χ4n) is 3.90. The van der Waals surface area contributed by atoms with Gasteiger partial charge in [-0.05, 0) is 37.8 Å². The van der Waals surface area contributed by atoms with Crippen molar-refractivity contribution in [2.24, 2.45) is 0 Å². The quantitative estimate of drug-likeness (QED) is 0.560. The molecule has 6 amide bonds. The minimum Gasteiger partial charge on any atom is -0.335 e. The smallest absolute Gasteiger partial charge is 0.334 e. The van der Waals surface area contributed by atoms with Crippen molar-refractivity contribution in [3.63, 3.8) is 0 Å². The maximum Gasteiger partial charge on any atom is 0.334 e. The van der Waals surface area contributed by atoms with E-state index in [1.165, 1.54) is 7.05 Å². The number of likely N-dealkylation sites (N-methyl/N-ethyl adjacent to an activating group) is 1. The number of carbonyl (C=O) groups is 5. The van der Waals surface area contributed by atoms with E-state index in [0.717, 1.165) is 33.8 Å². The number of carbonyl (C=O) groups excluding carboxylic acids is 5. The number of amides is 6. The summed E-state index contributed by atoms with van der Waals surface area (Å²) >= 11 is 0. The van der Waals surface area contributed by atoms with E-state index in [1.54, 1.807) is 0 Å². The zero-order valence-corrected chi connectivity index (χ0v) is 17.4. The van der Waals surface area contributed by atoms with Crippen LogP contribution in [0.2, 0.25) is 0 Å². The molecule has 1 aromatic rings. The number of hydrogen-bond acceptors (Lipinski definition) is 5. The molecule has 1 N–H and O–H groups in total. The first-order chi connectivity index (χ1) is 14.2. The summed E-state index contributed by atoms with van der Waals surface area (Å²) in [7, 11) is 1.41. The predicted molar refractivity (Wildman–Crippen MR) is 108 cm³/mol. The lowest BCUT2D eigenvalue weighted by Crippen LogP contribution is -2.45. The highest BCUT2D eigenvalue weighted by atomic mass is 16.2. The van der Waals surface area contributed by atoms with Gasteiger partial charge in [-0.25, -0.2) is 9.69 Å². The normalized spacial score (nSPS) is 17.1. The second kappa shape index (κ2) is 8.64. The van der Waals surface area contributed by atoms with Crippen LogP contribution in [0.4, 0.5) is 10.5 Å². The highest BCUT2D eigenvalue weighted by Crippen LogP contribution is 2.27. The average Bonchev–Trinajstić information content (AvgIpc) is 3.28. The molecular weight excluding hydrogens is 388 g/mol. The van der Waals surface area contributed by atoms with Crippen LogP contribution in [0.25, 0.3) is 0 Å². The van der Waals surface area contributed by atoms with Gasteiger partial charge in [0.05, 0.1) is 6.54 Å². The van der Waals surface area contributed by atoms with Gasteiger partial charge in [0.1, 0.15) is 6.54 Å². The topological polar surface area (TPSA) is 107 Å². The lowest BCUT2D eigenvalue weighted by atomic mass is 10.1. The van der Waals surface area contributed by atoms with E-state index in [0.29, 0.717) is 23.4 Å². The van der Waals surface area contributed by atoms with Gasteiger partial charge in [0, 0.05) is 18.8 Å². The van der Waals surface area contributed by atoms with Crippen LogP contribution in [0.3, 0.4) is 0 Å². The molecule has 1 aliphatic carbocycles. The Bertz CT molecular complexity index is 886. The molecule has 1 aromatic carbocycles. The van der Waals surface area contributed by atoms with Crippen molar-refractivity contribution in [1.82, 2.24) is 14.7 Å². The summed E-state index contributed by atoms with van der Waals surface area (Å²) in [5.74, 6) is -2.87. The van der Waals surface area contributed by atoms with E-state index >= 15 is 0 Å². The number of nitrogens with zero attached hydrogens (tertiary/aromatic N) is 3. The molecule has 30 heavy (non-hydrogen) atoms. The van der Waals surface area contributed by atoms with Crippen LogP contribution < -0.4 is 5.32 Å². The standard InChI is InChI=1S/C21H26N4O5/c1-13-7-6-8-14(2)18(13)22-16(26)11-23(3)17(27)12-24-19(28)20(29)25(21(24)30)15-9-4-5-10-15/h6-8,15H,4-5,9-12H2,1-3H3,(H,22,26). The first kappa shape index (κ1) is 21.5. The number of para-hydroxylation sites is 1. The summed E-state index contributed by atoms with van der Waals surface area (Å²) in [5, 5.41) is 2.78. The molecule has 0 atom stereocenters. The fraction of sp³-hybridized carbons (Fsp3) is 0.476. The van der Waals surface area contributed by atoms with E-state index < -0.39 is 36.2 Å². The summed E-state index contributed by atoms with van der Waals surface area (Å²) in [4.78, 5) is 64.7. The van der Waals surface area contributed by atoms with Crippen LogP contribution >= 0.6 is 0 Å². The molecule has 0 bridgehead atoms. The third-order valence-electron chi connectivity index (χ3n) is 5.62. The number of hydrogen-bond donors (Lipinski definition) is 1. The van der Waals surface area contributed by atoms with Gasteiger partial charge in [0.15, 0.2) is 0 Å². The molecule has 1 heterocycles. The minimum atomic E-state index is -0.992. The number of nitrogens with one attached hydrogen (secondary N) is 1. The molecule has 9 heteroatoms. The first-order valence-electron chi connectivity index (χ1n) is 9.99. The van der Waals surface area contributed by atoms with Crippen molar-refractivity contribution in [2.75, 3.05) is 25.5 Å². The second-order valence-electron chi connectivity index (χ2n) is 7.85. The van der Waals surface area contributed by atoms with Gasteiger partial charge in [-0.2, -0.15) is 0 Å². The third kappa shape index (κ3) is 4.19. The van der Waals surface area contributed by atoms with E-state index in [-0.39, 0.29) is 12.6 Å². The third-order valence-corrected chi connectivity index (χ3v) is 5.62. The van der Waals surface area contributed by atoms with E-state index in [1.807, 2.05) is 32.0 Å². The zero-order valence-electron chi connectivity index (χ0n) is 17.4. The van der Waals surface area contributed by atoms with E-state index in [4.69, 9.17) is 0 Å². The molecule has 160 valence electrons. The molecule has 1 saturated heterocycles. The fourth-order valence-corrected chi connectivity index (χ4v) is 3.90. The largest absolute Gasteiger partial charge is 0.335 e. The van der Waals surface area contributed by atoms with Crippen LogP contribution in [0.15, 0.2) is 18.2 Å². The monoisotopic (exact) mass is 414 g/mol. The summed E-state index contributed by atoms with van der Waals surface area (Å²) in [6, 6.07) is 4.59. The van der Waals surface area contributed by atoms with Crippen LogP contribution in [0, 0.1) is 13.8 Å². The molecule has 2 aliphatic rings. The second-order valence-corrected chi connectivity index (χ2v) is 7.85. The van der Waals surface area contributed by atoms with Gasteiger partial charge in [0.25, 0.3) is 0 Å². The summed E-state index contributed by atoms with van der Waals surface area (Å²) in [6.45, 7) is 2.92. The molecule has 9 nitrogen and oxygen atoms in total. The highest BCUT2D eigenvalue weighted by Gasteiger charge is 2.48. The Balaban J connectivity index is 1.60. The van der Waals surface area contributed by atoms with Gasteiger partial charge in [-0.15, -0.1) is 0 Å². The predicted octanol–water partition coefficient (Wildman–Crippen LogP) is 1.43. The van der Waals surface area contributed by atoms with Gasteiger partial charge in [-0.1, -0.05) is 31.0 Å². The maximum absolute atomic E-state index is 12.6. The highest BCUT2D eigenvalue weighted by molar-refractivity contribution is 6.45. The Morgan fingerprint density at radius 1 is 1.07 bits per heavy atom. The van der Waals surface area contributed by atoms with Crippen molar-refractivity contribution >= 4 is 35.3 Å². The van der Waals surface area contributed by atoms with Gasteiger partial charge in [-0.3, -0.25) is 24.1 Å². The molecule has 1 aliphatic heterocycles. The molecule has 0 spiro atoms. The van der Waals surface area contributed by atoms with Gasteiger partial charge < -0.3 is 10.2 Å². The van der Waals surface area contributed by atoms with Crippen LogP contribution in [0.1, 0.15) is 36.8 Å². The van der Waals surface area contributed by atoms with Crippen molar-refractivity contribution in [3.8, 4) is 0 Å². The number of urea groups is 1. The van der Waals surface area contributed by atoms with Crippen LogP contribution in [-0.4, -0.2) is 70.5 Å². The van der Waals surface area contributed by atoms with Crippen molar-refractivity contribution in [2.45, 2.75) is 45.6 Å². The lowest BCUT2D eigenvalue weighted by Gasteiger charge is -2.22. The lowest BCUT2D eigenvalue weighted by molar-refractivity contribution is -0.145. The Labute approximate surface area is 175 Å². The van der Waals surface area contributed by atoms with Crippen molar-refractivity contribution in [3.05, 3.63) is 29.3 Å². The molecule has 3 rings (SSSR count). The Hall–Kier alpha value is -3.23. The first-order valence-corrected chi connectivity index (χ1v) is 9.99. The summed E-state index contributed by atoms with van der Waals surface area (Å²) in [5.41, 5.74) is 2.48. The number of imide groups is 2. The van der Waals surface area contributed by atoms with Crippen LogP contribution in [-0.2, 0) is 19.2 Å².